The van der Waals surface area contributed by atoms with Gasteiger partial charge in [0, 0.05) is 0 Å². The Morgan fingerprint density at radius 2 is 2.15 bits per heavy atom. The average molecular weight is 379 g/mol. The van der Waals surface area contributed by atoms with E-state index in [0.29, 0.717) is 35.6 Å². The summed E-state index contributed by atoms with van der Waals surface area (Å²) in [5.74, 6) is 0.763. The van der Waals surface area contributed by atoms with Crippen LogP contribution in [-0.2, 0) is 14.3 Å². The Hall–Kier alpha value is -2.55. The van der Waals surface area contributed by atoms with Crippen molar-refractivity contribution in [3.8, 4) is 11.5 Å². The Bertz CT molecular complexity index is 720. The number of hydrogen-bond donors (Lipinski definition) is 1. The molecule has 0 bridgehead atoms. The van der Waals surface area contributed by atoms with E-state index in [1.54, 1.807) is 38.3 Å². The third kappa shape index (κ3) is 5.76. The lowest BCUT2D eigenvalue weighted by molar-refractivity contribution is -0.150. The van der Waals surface area contributed by atoms with Gasteiger partial charge in [-0.3, -0.25) is 4.79 Å². The molecular weight excluding hydrogens is 358 g/mol. The highest BCUT2D eigenvalue weighted by Gasteiger charge is 2.18. The van der Waals surface area contributed by atoms with Gasteiger partial charge in [-0.05, 0) is 44.5 Å². The van der Waals surface area contributed by atoms with Crippen LogP contribution in [0.3, 0.4) is 0 Å². The number of thioether (sulfide) groups is 1. The largest absolute Gasteiger partial charge is 0.490 e. The molecule has 1 N–H and O–H groups in total. The van der Waals surface area contributed by atoms with Crippen LogP contribution in [0.25, 0.3) is 0 Å². The SMILES string of the molecule is CCOC(=O)C(C)Oc1ccc(C=NN=C2NC(=O)CS2)cc1OCC. The highest BCUT2D eigenvalue weighted by atomic mass is 32.2. The summed E-state index contributed by atoms with van der Waals surface area (Å²) in [5.41, 5.74) is 0.739. The topological polar surface area (TPSA) is 98.6 Å². The van der Waals surface area contributed by atoms with Crippen molar-refractivity contribution in [2.24, 2.45) is 10.2 Å². The van der Waals surface area contributed by atoms with Crippen molar-refractivity contribution in [1.82, 2.24) is 5.32 Å². The zero-order valence-corrected chi connectivity index (χ0v) is 15.7. The van der Waals surface area contributed by atoms with Gasteiger partial charge in [0.15, 0.2) is 22.8 Å². The second-order valence-corrected chi connectivity index (χ2v) is 6.10. The third-order valence-electron chi connectivity index (χ3n) is 3.13. The van der Waals surface area contributed by atoms with Gasteiger partial charge < -0.3 is 19.5 Å². The monoisotopic (exact) mass is 379 g/mol. The van der Waals surface area contributed by atoms with E-state index in [1.807, 2.05) is 6.92 Å². The molecule has 2 rings (SSSR count). The highest BCUT2D eigenvalue weighted by Crippen LogP contribution is 2.29. The van der Waals surface area contributed by atoms with E-state index in [1.165, 1.54) is 11.8 Å². The van der Waals surface area contributed by atoms with Gasteiger partial charge in [0.2, 0.25) is 5.91 Å². The van der Waals surface area contributed by atoms with E-state index in [-0.39, 0.29) is 5.91 Å². The molecular formula is C17H21N3O5S. The Kier molecular flexibility index (Phi) is 7.46. The van der Waals surface area contributed by atoms with E-state index in [9.17, 15) is 9.59 Å². The molecule has 1 saturated heterocycles. The summed E-state index contributed by atoms with van der Waals surface area (Å²) >= 11 is 1.30. The van der Waals surface area contributed by atoms with Crippen molar-refractivity contribution in [2.45, 2.75) is 26.9 Å². The second-order valence-electron chi connectivity index (χ2n) is 5.14. The van der Waals surface area contributed by atoms with Gasteiger partial charge in [0.05, 0.1) is 25.2 Å². The molecule has 0 aliphatic carbocycles. The van der Waals surface area contributed by atoms with Gasteiger partial charge in [0.25, 0.3) is 0 Å². The average Bonchev–Trinajstić information content (AvgIpc) is 3.02. The first kappa shape index (κ1) is 19.8. The van der Waals surface area contributed by atoms with Crippen molar-refractivity contribution in [2.75, 3.05) is 19.0 Å². The summed E-state index contributed by atoms with van der Waals surface area (Å²) in [6, 6.07) is 5.20. The molecule has 0 spiro atoms. The predicted octanol–water partition coefficient (Wildman–Crippen LogP) is 1.97. The number of ether oxygens (including phenoxy) is 3. The summed E-state index contributed by atoms with van der Waals surface area (Å²) in [4.78, 5) is 22.8. The maximum Gasteiger partial charge on any atom is 0.347 e. The van der Waals surface area contributed by atoms with E-state index in [4.69, 9.17) is 14.2 Å². The van der Waals surface area contributed by atoms with Crippen LogP contribution in [0.4, 0.5) is 0 Å². The first-order valence-electron chi connectivity index (χ1n) is 8.17. The Balaban J connectivity index is 2.09. The number of carbonyl (C=O) groups excluding carboxylic acids is 2. The number of rotatable bonds is 8. The van der Waals surface area contributed by atoms with Gasteiger partial charge >= 0.3 is 5.97 Å². The number of benzene rings is 1. The van der Waals surface area contributed by atoms with Gasteiger partial charge in [-0.15, -0.1) is 5.10 Å². The minimum absolute atomic E-state index is 0.0835. The number of nitrogens with one attached hydrogen (secondary N) is 1. The molecule has 140 valence electrons. The van der Waals surface area contributed by atoms with Crippen molar-refractivity contribution in [1.29, 1.82) is 0 Å². The Morgan fingerprint density at radius 3 is 2.81 bits per heavy atom. The fourth-order valence-corrected chi connectivity index (χ4v) is 2.63. The number of nitrogens with zero attached hydrogens (tertiary/aromatic N) is 2. The van der Waals surface area contributed by atoms with E-state index >= 15 is 0 Å². The van der Waals surface area contributed by atoms with Crippen molar-refractivity contribution >= 4 is 35.0 Å². The zero-order chi connectivity index (χ0) is 18.9. The molecule has 1 amide bonds. The molecule has 0 radical (unpaired) electrons. The van der Waals surface area contributed by atoms with Crippen LogP contribution in [0.5, 0.6) is 11.5 Å². The molecule has 1 unspecified atom stereocenters. The normalized spacial score (nSPS) is 16.6. The Labute approximate surface area is 156 Å². The smallest absolute Gasteiger partial charge is 0.347 e. The fraction of sp³-hybridized carbons (Fsp3) is 0.412. The maximum atomic E-state index is 11.7. The number of esters is 1. The number of hydrogen-bond acceptors (Lipinski definition) is 8. The molecule has 0 saturated carbocycles. The third-order valence-corrected chi connectivity index (χ3v) is 4.00. The van der Waals surface area contributed by atoms with Crippen molar-refractivity contribution in [3.63, 3.8) is 0 Å². The first-order valence-corrected chi connectivity index (χ1v) is 9.15. The van der Waals surface area contributed by atoms with Gasteiger partial charge in [0.1, 0.15) is 0 Å². The molecule has 1 fully saturated rings. The molecule has 26 heavy (non-hydrogen) atoms. The molecule has 1 aromatic carbocycles. The highest BCUT2D eigenvalue weighted by molar-refractivity contribution is 8.15. The number of carbonyl (C=O) groups is 2. The summed E-state index contributed by atoms with van der Waals surface area (Å²) in [6.45, 7) is 5.94. The van der Waals surface area contributed by atoms with Crippen LogP contribution in [0.15, 0.2) is 28.4 Å². The van der Waals surface area contributed by atoms with Crippen LogP contribution < -0.4 is 14.8 Å². The van der Waals surface area contributed by atoms with Crippen LogP contribution in [0.2, 0.25) is 0 Å². The van der Waals surface area contributed by atoms with Gasteiger partial charge in [-0.2, -0.15) is 5.10 Å². The molecule has 1 atom stereocenters. The summed E-state index contributed by atoms with van der Waals surface area (Å²) in [6.07, 6.45) is 0.794. The minimum Gasteiger partial charge on any atom is -0.490 e. The van der Waals surface area contributed by atoms with E-state index < -0.39 is 12.1 Å². The zero-order valence-electron chi connectivity index (χ0n) is 14.9. The molecule has 1 aliphatic heterocycles. The second kappa shape index (κ2) is 9.81. The maximum absolute atomic E-state index is 11.7. The van der Waals surface area contributed by atoms with E-state index in [0.717, 1.165) is 5.56 Å². The predicted molar refractivity (Wildman–Crippen MR) is 100.0 cm³/mol. The lowest BCUT2D eigenvalue weighted by Gasteiger charge is -2.16. The summed E-state index contributed by atoms with van der Waals surface area (Å²) in [5, 5.41) is 11.0. The van der Waals surface area contributed by atoms with Crippen LogP contribution in [-0.4, -0.2) is 48.3 Å². The van der Waals surface area contributed by atoms with Gasteiger partial charge in [-0.25, -0.2) is 4.79 Å². The quantitative estimate of drug-likeness (QED) is 0.421. The molecule has 8 nitrogen and oxygen atoms in total. The van der Waals surface area contributed by atoms with Crippen LogP contribution >= 0.6 is 11.8 Å². The van der Waals surface area contributed by atoms with Crippen LogP contribution in [0.1, 0.15) is 26.3 Å². The van der Waals surface area contributed by atoms with Crippen LogP contribution in [0, 0.1) is 0 Å². The molecule has 1 heterocycles. The fourth-order valence-electron chi connectivity index (χ4n) is 2.00. The molecule has 9 heteroatoms. The summed E-state index contributed by atoms with van der Waals surface area (Å²) < 4.78 is 16.2. The molecule has 1 aromatic rings. The number of amidine groups is 1. The molecule has 0 aromatic heterocycles. The van der Waals surface area contributed by atoms with Crippen molar-refractivity contribution in [3.05, 3.63) is 23.8 Å². The van der Waals surface area contributed by atoms with Crippen molar-refractivity contribution < 1.29 is 23.8 Å². The summed E-state index contributed by atoms with van der Waals surface area (Å²) in [7, 11) is 0. The Morgan fingerprint density at radius 1 is 1.35 bits per heavy atom. The first-order chi connectivity index (χ1) is 12.5. The minimum atomic E-state index is -0.747. The van der Waals surface area contributed by atoms with Gasteiger partial charge in [-0.1, -0.05) is 11.8 Å². The lowest BCUT2D eigenvalue weighted by Crippen LogP contribution is -2.26. The number of amides is 1. The molecule has 1 aliphatic rings. The lowest BCUT2D eigenvalue weighted by atomic mass is 10.2. The van der Waals surface area contributed by atoms with E-state index in [2.05, 4.69) is 15.5 Å². The standard InChI is InChI=1S/C17H21N3O5S/c1-4-23-14-8-12(9-18-20-17-19-15(21)10-26-17)6-7-13(14)25-11(3)16(22)24-5-2/h6-9,11H,4-5,10H2,1-3H3,(H,19,20,21).